The van der Waals surface area contributed by atoms with E-state index in [1.807, 2.05) is 20.8 Å². The molecule has 2 aromatic rings. The molecule has 0 bridgehead atoms. The van der Waals surface area contributed by atoms with Gasteiger partial charge in [0.25, 0.3) is 5.91 Å². The Morgan fingerprint density at radius 1 is 1.05 bits per heavy atom. The SMILES string of the molecule is C#Cc1ccccc1C(C(=O)Nc1ccc(OC)cc1)N(CCC)C(=O)C(NC(=O)OC(C)(C)C)C(C)C. The van der Waals surface area contributed by atoms with E-state index in [1.54, 1.807) is 76.4 Å². The summed E-state index contributed by atoms with van der Waals surface area (Å²) in [6.45, 7) is 11.1. The van der Waals surface area contributed by atoms with E-state index in [9.17, 15) is 14.4 Å². The summed E-state index contributed by atoms with van der Waals surface area (Å²) in [7, 11) is 1.56. The summed E-state index contributed by atoms with van der Waals surface area (Å²) < 4.78 is 10.6. The highest BCUT2D eigenvalue weighted by molar-refractivity contribution is 5.99. The Morgan fingerprint density at radius 3 is 2.21 bits per heavy atom. The molecule has 204 valence electrons. The van der Waals surface area contributed by atoms with Crippen LogP contribution in [0.1, 0.15) is 65.1 Å². The lowest BCUT2D eigenvalue weighted by molar-refractivity contribution is -0.141. The van der Waals surface area contributed by atoms with Crippen LogP contribution in [0, 0.1) is 18.3 Å². The summed E-state index contributed by atoms with van der Waals surface area (Å²) in [5.74, 6) is 2.16. The molecule has 2 unspecified atom stereocenters. The lowest BCUT2D eigenvalue weighted by Gasteiger charge is -2.35. The first-order valence-electron chi connectivity index (χ1n) is 12.7. The fourth-order valence-corrected chi connectivity index (χ4v) is 3.94. The molecule has 2 atom stereocenters. The lowest BCUT2D eigenvalue weighted by Crippen LogP contribution is -2.54. The monoisotopic (exact) mass is 521 g/mol. The van der Waals surface area contributed by atoms with E-state index in [0.717, 1.165) is 0 Å². The van der Waals surface area contributed by atoms with E-state index in [1.165, 1.54) is 4.90 Å². The second-order valence-electron chi connectivity index (χ2n) is 10.3. The zero-order valence-electron chi connectivity index (χ0n) is 23.3. The van der Waals surface area contributed by atoms with Crippen molar-refractivity contribution in [2.24, 2.45) is 5.92 Å². The topological polar surface area (TPSA) is 97.0 Å². The Morgan fingerprint density at radius 2 is 1.68 bits per heavy atom. The number of carbonyl (C=O) groups is 3. The molecule has 2 aromatic carbocycles. The van der Waals surface area contributed by atoms with Gasteiger partial charge in [0.15, 0.2) is 0 Å². The zero-order valence-corrected chi connectivity index (χ0v) is 23.3. The van der Waals surface area contributed by atoms with Crippen molar-refractivity contribution in [2.45, 2.75) is 65.6 Å². The Labute approximate surface area is 226 Å². The first-order valence-corrected chi connectivity index (χ1v) is 12.7. The van der Waals surface area contributed by atoms with Gasteiger partial charge in [0.2, 0.25) is 5.91 Å². The zero-order chi connectivity index (χ0) is 28.5. The minimum Gasteiger partial charge on any atom is -0.497 e. The van der Waals surface area contributed by atoms with E-state index in [4.69, 9.17) is 15.9 Å². The minimum absolute atomic E-state index is 0.262. The standard InChI is InChI=1S/C30H39N3O5/c1-9-19-33(28(35)25(20(3)4)32-29(36)38-30(5,6)7)26(24-14-12-11-13-21(24)10-2)27(34)31-22-15-17-23(37-8)18-16-22/h2,11-18,20,25-26H,9,19H2,1,3-8H3,(H,31,34)(H,32,36). The van der Waals surface area contributed by atoms with Gasteiger partial charge in [-0.25, -0.2) is 4.79 Å². The summed E-state index contributed by atoms with van der Waals surface area (Å²) in [5, 5.41) is 5.62. The molecule has 0 saturated heterocycles. The number of nitrogens with one attached hydrogen (secondary N) is 2. The molecule has 0 saturated carbocycles. The van der Waals surface area contributed by atoms with Crippen LogP contribution in [0.25, 0.3) is 0 Å². The van der Waals surface area contributed by atoms with Crippen molar-refractivity contribution in [1.82, 2.24) is 10.2 Å². The highest BCUT2D eigenvalue weighted by Crippen LogP contribution is 2.28. The van der Waals surface area contributed by atoms with Crippen LogP contribution in [0.3, 0.4) is 0 Å². The molecular formula is C30H39N3O5. The molecule has 8 heteroatoms. The molecule has 0 aliphatic carbocycles. The molecule has 0 radical (unpaired) electrons. The number of ether oxygens (including phenoxy) is 2. The van der Waals surface area contributed by atoms with Crippen molar-refractivity contribution >= 4 is 23.6 Å². The number of rotatable bonds is 10. The fourth-order valence-electron chi connectivity index (χ4n) is 3.94. The summed E-state index contributed by atoms with van der Waals surface area (Å²) in [6, 6.07) is 12.0. The molecule has 2 rings (SSSR count). The van der Waals surface area contributed by atoms with Crippen LogP contribution >= 0.6 is 0 Å². The Bertz CT molecular complexity index is 1150. The molecule has 3 amide bonds. The number of hydrogen-bond donors (Lipinski definition) is 2. The van der Waals surface area contributed by atoms with Gasteiger partial charge >= 0.3 is 6.09 Å². The molecule has 0 heterocycles. The third kappa shape index (κ3) is 8.27. The Hall–Kier alpha value is -3.99. The molecular weight excluding hydrogens is 482 g/mol. The van der Waals surface area contributed by atoms with Crippen molar-refractivity contribution in [3.63, 3.8) is 0 Å². The van der Waals surface area contributed by atoms with Gasteiger partial charge in [-0.2, -0.15) is 0 Å². The van der Waals surface area contributed by atoms with E-state index >= 15 is 0 Å². The van der Waals surface area contributed by atoms with Gasteiger partial charge in [-0.3, -0.25) is 9.59 Å². The minimum atomic E-state index is -1.04. The predicted molar refractivity (Wildman–Crippen MR) is 149 cm³/mol. The van der Waals surface area contributed by atoms with Crippen molar-refractivity contribution in [1.29, 1.82) is 0 Å². The molecule has 38 heavy (non-hydrogen) atoms. The Balaban J connectivity index is 2.53. The molecule has 2 N–H and O–H groups in total. The smallest absolute Gasteiger partial charge is 0.408 e. The summed E-state index contributed by atoms with van der Waals surface area (Å²) >= 11 is 0. The van der Waals surface area contributed by atoms with Crippen molar-refractivity contribution < 1.29 is 23.9 Å². The van der Waals surface area contributed by atoms with Crippen LogP contribution in [0.4, 0.5) is 10.5 Å². The number of benzene rings is 2. The number of alkyl carbamates (subject to hydrolysis) is 1. The second kappa shape index (κ2) is 13.5. The third-order valence-electron chi connectivity index (χ3n) is 5.68. The molecule has 0 spiro atoms. The summed E-state index contributed by atoms with van der Waals surface area (Å²) in [6.07, 6.45) is 5.66. The van der Waals surface area contributed by atoms with Crippen LogP contribution in [-0.4, -0.2) is 48.1 Å². The number of amides is 3. The van der Waals surface area contributed by atoms with Gasteiger partial charge in [0.1, 0.15) is 23.4 Å². The normalized spacial score (nSPS) is 12.6. The van der Waals surface area contributed by atoms with Crippen LogP contribution < -0.4 is 15.4 Å². The number of carbonyl (C=O) groups excluding carboxylic acids is 3. The molecule has 0 fully saturated rings. The maximum absolute atomic E-state index is 14.0. The van der Waals surface area contributed by atoms with Gasteiger partial charge in [0.05, 0.1) is 7.11 Å². The first-order chi connectivity index (χ1) is 17.9. The van der Waals surface area contributed by atoms with Crippen molar-refractivity contribution in [2.75, 3.05) is 19.0 Å². The van der Waals surface area contributed by atoms with Crippen molar-refractivity contribution in [3.8, 4) is 18.1 Å². The third-order valence-corrected chi connectivity index (χ3v) is 5.68. The number of anilines is 1. The van der Waals surface area contributed by atoms with Gasteiger partial charge < -0.3 is 25.0 Å². The van der Waals surface area contributed by atoms with E-state index in [0.29, 0.717) is 29.0 Å². The highest BCUT2D eigenvalue weighted by Gasteiger charge is 2.38. The summed E-state index contributed by atoms with van der Waals surface area (Å²) in [4.78, 5) is 42.0. The lowest BCUT2D eigenvalue weighted by atomic mass is 9.95. The van der Waals surface area contributed by atoms with E-state index in [-0.39, 0.29) is 12.5 Å². The summed E-state index contributed by atoms with van der Waals surface area (Å²) in [5.41, 5.74) is 0.819. The molecule has 8 nitrogen and oxygen atoms in total. The van der Waals surface area contributed by atoms with Gasteiger partial charge in [-0.05, 0) is 69.0 Å². The fraction of sp³-hybridized carbons (Fsp3) is 0.433. The quantitative estimate of drug-likeness (QED) is 0.422. The maximum Gasteiger partial charge on any atom is 0.408 e. The average molecular weight is 522 g/mol. The largest absolute Gasteiger partial charge is 0.497 e. The number of terminal acetylenes is 1. The van der Waals surface area contributed by atoms with Crippen LogP contribution in [0.5, 0.6) is 5.75 Å². The van der Waals surface area contributed by atoms with Crippen LogP contribution in [0.15, 0.2) is 48.5 Å². The number of hydrogen-bond acceptors (Lipinski definition) is 5. The molecule has 0 aliphatic heterocycles. The Kier molecular flexibility index (Phi) is 10.8. The van der Waals surface area contributed by atoms with E-state index < -0.39 is 35.6 Å². The van der Waals surface area contributed by atoms with Gasteiger partial charge in [-0.15, -0.1) is 6.42 Å². The average Bonchev–Trinajstić information content (AvgIpc) is 2.86. The van der Waals surface area contributed by atoms with Crippen LogP contribution in [0.2, 0.25) is 0 Å². The highest BCUT2D eigenvalue weighted by atomic mass is 16.6. The van der Waals surface area contributed by atoms with Crippen molar-refractivity contribution in [3.05, 3.63) is 59.7 Å². The van der Waals surface area contributed by atoms with Crippen LogP contribution in [-0.2, 0) is 14.3 Å². The number of nitrogens with zero attached hydrogens (tertiary/aromatic N) is 1. The maximum atomic E-state index is 14.0. The molecule has 0 aliphatic rings. The molecule has 0 aromatic heterocycles. The predicted octanol–water partition coefficient (Wildman–Crippen LogP) is 5.14. The first kappa shape index (κ1) is 30.2. The van der Waals surface area contributed by atoms with Gasteiger partial charge in [-0.1, -0.05) is 44.9 Å². The second-order valence-corrected chi connectivity index (χ2v) is 10.3. The number of methoxy groups -OCH3 is 1. The van der Waals surface area contributed by atoms with E-state index in [2.05, 4.69) is 16.6 Å². The van der Waals surface area contributed by atoms with Gasteiger partial charge in [0, 0.05) is 17.8 Å².